The van der Waals surface area contributed by atoms with Gasteiger partial charge < -0.3 is 10.2 Å². The molecule has 17 heavy (non-hydrogen) atoms. The maximum absolute atomic E-state index is 12.2. The van der Waals surface area contributed by atoms with Crippen LogP contribution in [0.1, 0.15) is 12.5 Å². The second-order valence-electron chi connectivity index (χ2n) is 4.66. The summed E-state index contributed by atoms with van der Waals surface area (Å²) in [5.74, 6) is 0.890. The average molecular weight is 317 g/mol. The molecule has 0 saturated carbocycles. The third kappa shape index (κ3) is 3.09. The van der Waals surface area contributed by atoms with E-state index in [1.165, 1.54) is 5.56 Å². The third-order valence-corrected chi connectivity index (χ3v) is 4.88. The summed E-state index contributed by atoms with van der Waals surface area (Å²) >= 11 is 5.10. The molecular formula is C12H17BrN2OS. The van der Waals surface area contributed by atoms with Gasteiger partial charge in [-0.2, -0.15) is 0 Å². The molecule has 2 heterocycles. The van der Waals surface area contributed by atoms with E-state index in [4.69, 9.17) is 0 Å². The van der Waals surface area contributed by atoms with Crippen LogP contribution in [0.5, 0.6) is 0 Å². The largest absolute Gasteiger partial charge is 0.341 e. The first kappa shape index (κ1) is 13.1. The molecule has 0 aromatic carbocycles. The predicted molar refractivity (Wildman–Crippen MR) is 74.0 cm³/mol. The SMILES string of the molecule is CC(C(=O)N(C)Cc1csc(Br)c1)C1CNC1. The second-order valence-corrected chi connectivity index (χ2v) is 6.95. The van der Waals surface area contributed by atoms with Crippen LogP contribution in [0.2, 0.25) is 0 Å². The highest BCUT2D eigenvalue weighted by Gasteiger charge is 2.30. The van der Waals surface area contributed by atoms with Crippen molar-refractivity contribution in [2.45, 2.75) is 13.5 Å². The van der Waals surface area contributed by atoms with Crippen LogP contribution in [0.15, 0.2) is 15.2 Å². The summed E-state index contributed by atoms with van der Waals surface area (Å²) in [6, 6.07) is 2.07. The minimum atomic E-state index is 0.128. The number of carbonyl (C=O) groups excluding carboxylic acids is 1. The Bertz CT molecular complexity index is 403. The van der Waals surface area contributed by atoms with Gasteiger partial charge in [-0.05, 0) is 51.9 Å². The Labute approximate surface area is 114 Å². The summed E-state index contributed by atoms with van der Waals surface area (Å²) in [5, 5.41) is 5.30. The van der Waals surface area contributed by atoms with E-state index in [-0.39, 0.29) is 11.8 Å². The molecule has 1 amide bonds. The van der Waals surface area contributed by atoms with Gasteiger partial charge in [0.1, 0.15) is 0 Å². The number of hydrogen-bond acceptors (Lipinski definition) is 3. The number of halogens is 1. The smallest absolute Gasteiger partial charge is 0.225 e. The van der Waals surface area contributed by atoms with E-state index in [2.05, 4.69) is 32.7 Å². The normalized spacial score (nSPS) is 17.6. The maximum Gasteiger partial charge on any atom is 0.225 e. The van der Waals surface area contributed by atoms with E-state index in [0.717, 1.165) is 16.9 Å². The van der Waals surface area contributed by atoms with Gasteiger partial charge in [0.15, 0.2) is 0 Å². The van der Waals surface area contributed by atoms with Crippen molar-refractivity contribution < 1.29 is 4.79 Å². The van der Waals surface area contributed by atoms with E-state index >= 15 is 0 Å². The number of nitrogens with one attached hydrogen (secondary N) is 1. The number of carbonyl (C=O) groups is 1. The monoisotopic (exact) mass is 316 g/mol. The Balaban J connectivity index is 1.90. The minimum absolute atomic E-state index is 0.128. The summed E-state index contributed by atoms with van der Waals surface area (Å²) < 4.78 is 1.12. The van der Waals surface area contributed by atoms with Crippen molar-refractivity contribution in [2.75, 3.05) is 20.1 Å². The summed E-state index contributed by atoms with van der Waals surface area (Å²) in [7, 11) is 1.89. The van der Waals surface area contributed by atoms with Gasteiger partial charge in [0.25, 0.3) is 0 Å². The molecule has 1 fully saturated rings. The lowest BCUT2D eigenvalue weighted by molar-refractivity contribution is -0.136. The molecule has 1 aliphatic rings. The van der Waals surface area contributed by atoms with Crippen molar-refractivity contribution in [3.63, 3.8) is 0 Å². The maximum atomic E-state index is 12.2. The number of amides is 1. The van der Waals surface area contributed by atoms with Crippen molar-refractivity contribution in [1.29, 1.82) is 0 Å². The van der Waals surface area contributed by atoms with E-state index in [0.29, 0.717) is 12.5 Å². The summed E-state index contributed by atoms with van der Waals surface area (Å²) in [6.07, 6.45) is 0. The van der Waals surface area contributed by atoms with Gasteiger partial charge >= 0.3 is 0 Å². The van der Waals surface area contributed by atoms with E-state index in [1.807, 2.05) is 18.9 Å². The van der Waals surface area contributed by atoms with Crippen LogP contribution in [0.25, 0.3) is 0 Å². The molecule has 1 aromatic rings. The van der Waals surface area contributed by atoms with Gasteiger partial charge in [0, 0.05) is 19.5 Å². The highest BCUT2D eigenvalue weighted by molar-refractivity contribution is 9.11. The third-order valence-electron chi connectivity index (χ3n) is 3.33. The Morgan fingerprint density at radius 3 is 2.88 bits per heavy atom. The zero-order chi connectivity index (χ0) is 12.4. The lowest BCUT2D eigenvalue weighted by Crippen LogP contribution is -2.49. The number of nitrogens with zero attached hydrogens (tertiary/aromatic N) is 1. The fraction of sp³-hybridized carbons (Fsp3) is 0.583. The van der Waals surface area contributed by atoms with Gasteiger partial charge in [0.2, 0.25) is 5.91 Å². The second kappa shape index (κ2) is 5.50. The van der Waals surface area contributed by atoms with Crippen LogP contribution in [0, 0.1) is 11.8 Å². The lowest BCUT2D eigenvalue weighted by Gasteiger charge is -2.33. The Kier molecular flexibility index (Phi) is 4.22. The Morgan fingerprint density at radius 2 is 2.41 bits per heavy atom. The topological polar surface area (TPSA) is 32.3 Å². The van der Waals surface area contributed by atoms with Crippen molar-refractivity contribution >= 4 is 33.2 Å². The van der Waals surface area contributed by atoms with Crippen molar-refractivity contribution in [3.05, 3.63) is 20.8 Å². The molecule has 1 aromatic heterocycles. The van der Waals surface area contributed by atoms with Crippen LogP contribution < -0.4 is 5.32 Å². The lowest BCUT2D eigenvalue weighted by atomic mass is 9.88. The standard InChI is InChI=1S/C12H17BrN2OS/c1-8(10-4-14-5-10)12(16)15(2)6-9-3-11(13)17-7-9/h3,7-8,10,14H,4-6H2,1-2H3. The molecule has 0 bridgehead atoms. The van der Waals surface area contributed by atoms with E-state index < -0.39 is 0 Å². The van der Waals surface area contributed by atoms with Crippen LogP contribution in [0.3, 0.4) is 0 Å². The molecule has 0 aliphatic carbocycles. The molecular weight excluding hydrogens is 300 g/mol. The molecule has 1 saturated heterocycles. The quantitative estimate of drug-likeness (QED) is 0.924. The molecule has 0 radical (unpaired) electrons. The van der Waals surface area contributed by atoms with Gasteiger partial charge in [-0.25, -0.2) is 0 Å². The minimum Gasteiger partial charge on any atom is -0.341 e. The molecule has 94 valence electrons. The highest BCUT2D eigenvalue weighted by Crippen LogP contribution is 2.23. The fourth-order valence-electron chi connectivity index (χ4n) is 1.99. The zero-order valence-corrected chi connectivity index (χ0v) is 12.5. The Hall–Kier alpha value is -0.390. The zero-order valence-electron chi connectivity index (χ0n) is 10.1. The molecule has 1 unspecified atom stereocenters. The number of thiophene rings is 1. The first-order valence-electron chi connectivity index (χ1n) is 5.76. The van der Waals surface area contributed by atoms with Crippen LogP contribution in [-0.2, 0) is 11.3 Å². The van der Waals surface area contributed by atoms with Crippen molar-refractivity contribution in [3.8, 4) is 0 Å². The fourth-order valence-corrected chi connectivity index (χ4v) is 3.19. The molecule has 1 atom stereocenters. The van der Waals surface area contributed by atoms with Crippen LogP contribution >= 0.6 is 27.3 Å². The molecule has 1 N–H and O–H groups in total. The van der Waals surface area contributed by atoms with Crippen LogP contribution in [0.4, 0.5) is 0 Å². The van der Waals surface area contributed by atoms with Crippen molar-refractivity contribution in [2.24, 2.45) is 11.8 Å². The van der Waals surface area contributed by atoms with E-state index in [1.54, 1.807) is 11.3 Å². The van der Waals surface area contributed by atoms with Gasteiger partial charge in [-0.3, -0.25) is 4.79 Å². The predicted octanol–water partition coefficient (Wildman–Crippen LogP) is 2.32. The molecule has 0 spiro atoms. The highest BCUT2D eigenvalue weighted by atomic mass is 79.9. The first-order valence-corrected chi connectivity index (χ1v) is 7.44. The molecule has 1 aliphatic heterocycles. The first-order chi connectivity index (χ1) is 8.08. The Morgan fingerprint density at radius 1 is 1.71 bits per heavy atom. The summed E-state index contributed by atoms with van der Waals surface area (Å²) in [4.78, 5) is 14.0. The van der Waals surface area contributed by atoms with Gasteiger partial charge in [0.05, 0.1) is 3.79 Å². The number of rotatable bonds is 4. The summed E-state index contributed by atoms with van der Waals surface area (Å²) in [5.41, 5.74) is 1.19. The average Bonchev–Trinajstić information content (AvgIpc) is 2.60. The van der Waals surface area contributed by atoms with Gasteiger partial charge in [-0.15, -0.1) is 11.3 Å². The van der Waals surface area contributed by atoms with Gasteiger partial charge in [-0.1, -0.05) is 6.92 Å². The molecule has 3 nitrogen and oxygen atoms in total. The summed E-state index contributed by atoms with van der Waals surface area (Å²) in [6.45, 7) is 4.69. The number of hydrogen-bond donors (Lipinski definition) is 1. The van der Waals surface area contributed by atoms with Crippen molar-refractivity contribution in [1.82, 2.24) is 10.2 Å². The van der Waals surface area contributed by atoms with Crippen LogP contribution in [-0.4, -0.2) is 30.9 Å². The molecule has 2 rings (SSSR count). The van der Waals surface area contributed by atoms with E-state index in [9.17, 15) is 4.79 Å². The molecule has 5 heteroatoms.